The summed E-state index contributed by atoms with van der Waals surface area (Å²) in [5.74, 6) is -1.02. The number of hydrazone groups is 1. The minimum atomic E-state index is -4.58. The number of anilines is 2. The van der Waals surface area contributed by atoms with E-state index in [4.69, 9.17) is 0 Å². The van der Waals surface area contributed by atoms with Gasteiger partial charge in [-0.3, -0.25) is 24.1 Å². The highest BCUT2D eigenvalue weighted by atomic mass is 19.4. The van der Waals surface area contributed by atoms with Gasteiger partial charge in [-0.25, -0.2) is 10.4 Å². The summed E-state index contributed by atoms with van der Waals surface area (Å²) in [6, 6.07) is 14.2. The molecule has 4 aromatic rings. The normalized spacial score (nSPS) is 11.5. The van der Waals surface area contributed by atoms with Crippen molar-refractivity contribution in [2.24, 2.45) is 5.10 Å². The summed E-state index contributed by atoms with van der Waals surface area (Å²) in [5.41, 5.74) is -0.0798. The second kappa shape index (κ2) is 9.66. The van der Waals surface area contributed by atoms with E-state index in [9.17, 15) is 32.9 Å². The molecule has 0 saturated heterocycles. The third-order valence-electron chi connectivity index (χ3n) is 4.93. The first-order valence-corrected chi connectivity index (χ1v) is 10.2. The average Bonchev–Trinajstić information content (AvgIpc) is 2.85. The molecular weight excluding hydrogens is 481 g/mol. The van der Waals surface area contributed by atoms with Gasteiger partial charge in [-0.15, -0.1) is 0 Å². The van der Waals surface area contributed by atoms with Gasteiger partial charge >= 0.3 is 6.18 Å². The molecule has 0 fully saturated rings. The molecule has 0 aliphatic heterocycles. The van der Waals surface area contributed by atoms with Crippen molar-refractivity contribution >= 4 is 35.0 Å². The number of fused-ring (bicyclic) bond motifs is 1. The number of hydrogen-bond donors (Lipinski definition) is 2. The largest absolute Gasteiger partial charge is 0.416 e. The number of nitro benzene ring substituents is 1. The van der Waals surface area contributed by atoms with Crippen molar-refractivity contribution in [1.29, 1.82) is 0 Å². The van der Waals surface area contributed by atoms with Crippen molar-refractivity contribution in [2.75, 3.05) is 5.32 Å². The number of alkyl halides is 3. The number of hydrogen-bond acceptors (Lipinski definition) is 7. The molecule has 2 aromatic carbocycles. The molecule has 0 saturated carbocycles. The molecule has 2 aromatic heterocycles. The minimum absolute atomic E-state index is 0.00982. The quantitative estimate of drug-likeness (QED) is 0.235. The van der Waals surface area contributed by atoms with Crippen LogP contribution in [0, 0.1) is 10.1 Å². The lowest BCUT2D eigenvalue weighted by molar-refractivity contribution is -0.385. The van der Waals surface area contributed by atoms with Crippen LogP contribution in [0.2, 0.25) is 0 Å². The summed E-state index contributed by atoms with van der Waals surface area (Å²) in [7, 11) is 0. The van der Waals surface area contributed by atoms with E-state index in [2.05, 4.69) is 20.8 Å². The van der Waals surface area contributed by atoms with E-state index in [0.717, 1.165) is 24.4 Å². The van der Waals surface area contributed by atoms with Gasteiger partial charge in [0.15, 0.2) is 0 Å². The first kappa shape index (κ1) is 24.1. The summed E-state index contributed by atoms with van der Waals surface area (Å²) in [6.45, 7) is 0. The zero-order valence-corrected chi connectivity index (χ0v) is 18.1. The van der Waals surface area contributed by atoms with E-state index in [1.54, 1.807) is 12.1 Å². The number of nitrogens with zero attached hydrogens (tertiary/aromatic N) is 4. The van der Waals surface area contributed by atoms with E-state index < -0.39 is 33.8 Å². The zero-order valence-electron chi connectivity index (χ0n) is 18.1. The van der Waals surface area contributed by atoms with Crippen molar-refractivity contribution in [3.05, 3.63) is 110 Å². The minimum Gasteiger partial charge on any atom is -0.339 e. The number of carbonyl (C=O) groups is 1. The van der Waals surface area contributed by atoms with Gasteiger partial charge in [0.1, 0.15) is 22.6 Å². The van der Waals surface area contributed by atoms with E-state index >= 15 is 0 Å². The lowest BCUT2D eigenvalue weighted by Gasteiger charge is -2.12. The van der Waals surface area contributed by atoms with Crippen LogP contribution in [0.4, 0.5) is 30.4 Å². The maximum Gasteiger partial charge on any atom is 0.416 e. The molecule has 1 amide bonds. The molecule has 0 atom stereocenters. The van der Waals surface area contributed by atoms with Gasteiger partial charge in [-0.1, -0.05) is 24.3 Å². The number of nitro groups is 1. The predicted octanol–water partition coefficient (Wildman–Crippen LogP) is 4.13. The Morgan fingerprint density at radius 2 is 1.83 bits per heavy atom. The van der Waals surface area contributed by atoms with Crippen LogP contribution in [-0.4, -0.2) is 26.4 Å². The Hall–Kier alpha value is -5.07. The van der Waals surface area contributed by atoms with Gasteiger partial charge < -0.3 is 5.32 Å². The van der Waals surface area contributed by atoms with Crippen LogP contribution in [-0.2, 0) is 6.18 Å². The predicted molar refractivity (Wildman–Crippen MR) is 124 cm³/mol. The molecule has 2 heterocycles. The zero-order chi connectivity index (χ0) is 25.9. The molecule has 0 aliphatic rings. The van der Waals surface area contributed by atoms with Crippen LogP contribution in [0.3, 0.4) is 0 Å². The highest BCUT2D eigenvalue weighted by Crippen LogP contribution is 2.31. The smallest absolute Gasteiger partial charge is 0.339 e. The monoisotopic (exact) mass is 496 g/mol. The van der Waals surface area contributed by atoms with Crippen molar-refractivity contribution in [1.82, 2.24) is 14.8 Å². The summed E-state index contributed by atoms with van der Waals surface area (Å²) >= 11 is 0. The van der Waals surface area contributed by atoms with Crippen molar-refractivity contribution in [3.8, 4) is 0 Å². The number of nitrogens with one attached hydrogen (secondary N) is 2. The number of benzene rings is 2. The van der Waals surface area contributed by atoms with E-state index in [-0.39, 0.29) is 28.3 Å². The maximum absolute atomic E-state index is 13.1. The Morgan fingerprint density at radius 3 is 2.58 bits per heavy atom. The molecular formula is C23H15F3N6O4. The first-order valence-electron chi connectivity index (χ1n) is 10.2. The molecule has 0 radical (unpaired) electrons. The number of halogens is 3. The summed E-state index contributed by atoms with van der Waals surface area (Å²) in [5, 5.41) is 17.6. The molecule has 0 spiro atoms. The third kappa shape index (κ3) is 5.04. The second-order valence-electron chi connectivity index (χ2n) is 7.29. The molecule has 182 valence electrons. The molecule has 0 unspecified atom stereocenters. The lowest BCUT2D eigenvalue weighted by Crippen LogP contribution is -2.23. The maximum atomic E-state index is 13.1. The highest BCUT2D eigenvalue weighted by molar-refractivity contribution is 5.98. The fourth-order valence-electron chi connectivity index (χ4n) is 3.26. The Morgan fingerprint density at radius 1 is 1.08 bits per heavy atom. The van der Waals surface area contributed by atoms with Gasteiger partial charge in [-0.05, 0) is 36.4 Å². The Labute approximate surface area is 199 Å². The number of amides is 1. The standard InChI is InChI=1S/C23H15F3N6O4/c24-23(25,26)14-6-5-7-15(12-14)28-20-17(22(34)31-11-4-3-10-19(31)29-20)13-27-30-21(33)16-8-1-2-9-18(16)32(35)36/h1-13,28H,(H,30,33). The number of rotatable bonds is 6. The second-order valence-corrected chi connectivity index (χ2v) is 7.29. The Kier molecular flexibility index (Phi) is 6.46. The topological polar surface area (TPSA) is 131 Å². The van der Waals surface area contributed by atoms with Gasteiger partial charge in [0.25, 0.3) is 17.2 Å². The third-order valence-corrected chi connectivity index (χ3v) is 4.93. The van der Waals surface area contributed by atoms with Crippen LogP contribution in [0.5, 0.6) is 0 Å². The first-order chi connectivity index (χ1) is 17.1. The SMILES string of the molecule is O=C(NN=Cc1c(Nc2cccc(C(F)(F)F)c2)nc2ccccn2c1=O)c1ccccc1[N+](=O)[O-]. The number of pyridine rings is 1. The Bertz CT molecular complexity index is 1570. The molecule has 0 bridgehead atoms. The molecule has 10 nitrogen and oxygen atoms in total. The van der Waals surface area contributed by atoms with Crippen LogP contribution < -0.4 is 16.3 Å². The summed E-state index contributed by atoms with van der Waals surface area (Å²) in [4.78, 5) is 40.2. The van der Waals surface area contributed by atoms with Crippen molar-refractivity contribution < 1.29 is 22.9 Å². The van der Waals surface area contributed by atoms with E-state index in [0.29, 0.717) is 0 Å². The highest BCUT2D eigenvalue weighted by Gasteiger charge is 2.30. The van der Waals surface area contributed by atoms with Gasteiger partial charge in [0, 0.05) is 18.0 Å². The number of carbonyl (C=O) groups excluding carboxylic acids is 1. The van der Waals surface area contributed by atoms with Crippen LogP contribution in [0.25, 0.3) is 5.65 Å². The van der Waals surface area contributed by atoms with E-state index in [1.807, 2.05) is 0 Å². The van der Waals surface area contributed by atoms with Crippen LogP contribution in [0.15, 0.2) is 82.8 Å². The van der Waals surface area contributed by atoms with Gasteiger partial charge in [0.2, 0.25) is 0 Å². The average molecular weight is 496 g/mol. The van der Waals surface area contributed by atoms with Gasteiger partial charge in [-0.2, -0.15) is 18.3 Å². The number of aromatic nitrogens is 2. The molecule has 4 rings (SSSR count). The van der Waals surface area contributed by atoms with Crippen LogP contribution in [0.1, 0.15) is 21.5 Å². The van der Waals surface area contributed by atoms with Gasteiger partial charge in [0.05, 0.1) is 16.7 Å². The fourth-order valence-corrected chi connectivity index (χ4v) is 3.26. The molecule has 0 aliphatic carbocycles. The van der Waals surface area contributed by atoms with Crippen molar-refractivity contribution in [3.63, 3.8) is 0 Å². The van der Waals surface area contributed by atoms with Crippen LogP contribution >= 0.6 is 0 Å². The molecule has 13 heteroatoms. The van der Waals surface area contributed by atoms with E-state index in [1.165, 1.54) is 47.0 Å². The number of para-hydroxylation sites is 1. The summed E-state index contributed by atoms with van der Waals surface area (Å²) < 4.78 is 40.5. The molecule has 36 heavy (non-hydrogen) atoms. The lowest BCUT2D eigenvalue weighted by atomic mass is 10.2. The molecule has 2 N–H and O–H groups in total. The summed E-state index contributed by atoms with van der Waals surface area (Å²) in [6.07, 6.45) is -2.19. The Balaban J connectivity index is 1.70. The fraction of sp³-hybridized carbons (Fsp3) is 0.0435. The van der Waals surface area contributed by atoms with Crippen molar-refractivity contribution in [2.45, 2.75) is 6.18 Å².